The van der Waals surface area contributed by atoms with Crippen LogP contribution in [0, 0.1) is 5.92 Å². The first-order valence-electron chi connectivity index (χ1n) is 6.29. The second-order valence-electron chi connectivity index (χ2n) is 4.84. The first-order chi connectivity index (χ1) is 9.47. The molecule has 5 nitrogen and oxygen atoms in total. The highest BCUT2D eigenvalue weighted by Gasteiger charge is 2.27. The molecule has 7 heteroatoms. The Labute approximate surface area is 126 Å². The van der Waals surface area contributed by atoms with Crippen molar-refractivity contribution in [1.29, 1.82) is 0 Å². The van der Waals surface area contributed by atoms with Crippen LogP contribution in [0.25, 0.3) is 0 Å². The molecule has 0 spiro atoms. The number of amides is 1. The summed E-state index contributed by atoms with van der Waals surface area (Å²) in [6.45, 7) is 1.02. The number of pyridine rings is 1. The topological polar surface area (TPSA) is 70.5 Å². The average Bonchev–Trinajstić information content (AvgIpc) is 2.37. The van der Waals surface area contributed by atoms with Gasteiger partial charge in [0.05, 0.1) is 10.0 Å². The third-order valence-electron chi connectivity index (χ3n) is 3.28. The first-order valence-corrected chi connectivity index (χ1v) is 7.05. The predicted octanol–water partition coefficient (Wildman–Crippen LogP) is 2.72. The van der Waals surface area contributed by atoms with Crippen molar-refractivity contribution in [2.45, 2.75) is 19.3 Å². The SMILES string of the molecule is O=C(O)C[C@@H]1CCCN(C(=O)c2ncc(Cl)cc2Cl)C1. The zero-order valence-corrected chi connectivity index (χ0v) is 12.2. The minimum absolute atomic E-state index is 0.0173. The van der Waals surface area contributed by atoms with Gasteiger partial charge in [0.15, 0.2) is 0 Å². The van der Waals surface area contributed by atoms with Crippen molar-refractivity contribution in [1.82, 2.24) is 9.88 Å². The van der Waals surface area contributed by atoms with Gasteiger partial charge in [-0.15, -0.1) is 0 Å². The molecule has 0 radical (unpaired) electrons. The molecule has 1 saturated heterocycles. The molecule has 0 aliphatic carbocycles. The standard InChI is InChI=1S/C13H14Cl2N2O3/c14-9-5-10(15)12(16-6-9)13(20)17-3-1-2-8(7-17)4-11(18)19/h5-6,8H,1-4,7H2,(H,18,19)/t8-/m0/s1. The molecule has 0 unspecified atom stereocenters. The summed E-state index contributed by atoms with van der Waals surface area (Å²) in [4.78, 5) is 28.7. The molecule has 20 heavy (non-hydrogen) atoms. The minimum Gasteiger partial charge on any atom is -0.481 e. The summed E-state index contributed by atoms with van der Waals surface area (Å²) in [5.41, 5.74) is 0.159. The number of hydrogen-bond acceptors (Lipinski definition) is 3. The lowest BCUT2D eigenvalue weighted by atomic mass is 9.94. The summed E-state index contributed by atoms with van der Waals surface area (Å²) in [6.07, 6.45) is 3.05. The van der Waals surface area contributed by atoms with Gasteiger partial charge < -0.3 is 10.0 Å². The maximum absolute atomic E-state index is 12.4. The summed E-state index contributed by atoms with van der Waals surface area (Å²) < 4.78 is 0. The van der Waals surface area contributed by atoms with Crippen LogP contribution in [-0.4, -0.2) is 40.0 Å². The van der Waals surface area contributed by atoms with Gasteiger partial charge in [0.1, 0.15) is 5.69 Å². The highest BCUT2D eigenvalue weighted by Crippen LogP contribution is 2.24. The molecule has 1 aromatic heterocycles. The van der Waals surface area contributed by atoms with Crippen molar-refractivity contribution < 1.29 is 14.7 Å². The molecule has 0 aromatic carbocycles. The molecule has 2 heterocycles. The van der Waals surface area contributed by atoms with E-state index in [-0.39, 0.29) is 29.0 Å². The smallest absolute Gasteiger partial charge is 0.303 e. The second-order valence-corrected chi connectivity index (χ2v) is 5.68. The number of aliphatic carboxylic acids is 1. The molecule has 1 N–H and O–H groups in total. The molecule has 0 saturated carbocycles. The van der Waals surface area contributed by atoms with Crippen LogP contribution in [0.5, 0.6) is 0 Å². The summed E-state index contributed by atoms with van der Waals surface area (Å²) >= 11 is 11.7. The third-order valence-corrected chi connectivity index (χ3v) is 3.77. The number of nitrogens with zero attached hydrogens (tertiary/aromatic N) is 2. The number of halogens is 2. The Hall–Kier alpha value is -1.33. The van der Waals surface area contributed by atoms with Gasteiger partial charge in [-0.1, -0.05) is 23.2 Å². The fourth-order valence-corrected chi connectivity index (χ4v) is 2.85. The molecule has 2 rings (SSSR count). The Bertz CT molecular complexity index is 536. The molecule has 1 atom stereocenters. The van der Waals surface area contributed by atoms with E-state index in [9.17, 15) is 9.59 Å². The van der Waals surface area contributed by atoms with Crippen LogP contribution in [0.1, 0.15) is 29.8 Å². The van der Waals surface area contributed by atoms with Crippen molar-refractivity contribution in [2.75, 3.05) is 13.1 Å². The lowest BCUT2D eigenvalue weighted by Gasteiger charge is -2.32. The highest BCUT2D eigenvalue weighted by molar-refractivity contribution is 6.36. The van der Waals surface area contributed by atoms with Crippen molar-refractivity contribution in [2.24, 2.45) is 5.92 Å². The zero-order chi connectivity index (χ0) is 14.7. The van der Waals surface area contributed by atoms with Crippen LogP contribution in [-0.2, 0) is 4.79 Å². The Morgan fingerprint density at radius 3 is 2.85 bits per heavy atom. The van der Waals surface area contributed by atoms with Crippen LogP contribution in [0.4, 0.5) is 0 Å². The Kier molecular flexibility index (Phi) is 4.83. The number of rotatable bonds is 3. The molecule has 1 aliphatic rings. The Morgan fingerprint density at radius 1 is 1.45 bits per heavy atom. The molecule has 0 bridgehead atoms. The number of piperidine rings is 1. The lowest BCUT2D eigenvalue weighted by Crippen LogP contribution is -2.40. The summed E-state index contributed by atoms with van der Waals surface area (Å²) in [5.74, 6) is -1.13. The quantitative estimate of drug-likeness (QED) is 0.930. The Balaban J connectivity index is 2.10. The molecule has 108 valence electrons. The number of carboxylic acids is 1. The van der Waals surface area contributed by atoms with E-state index in [0.717, 1.165) is 12.8 Å². The maximum atomic E-state index is 12.4. The van der Waals surface area contributed by atoms with E-state index in [1.165, 1.54) is 12.3 Å². The molecular formula is C13H14Cl2N2O3. The van der Waals surface area contributed by atoms with Gasteiger partial charge >= 0.3 is 5.97 Å². The monoisotopic (exact) mass is 316 g/mol. The Morgan fingerprint density at radius 2 is 2.20 bits per heavy atom. The molecular weight excluding hydrogens is 303 g/mol. The van der Waals surface area contributed by atoms with Crippen LogP contribution in [0.15, 0.2) is 12.3 Å². The molecule has 1 amide bonds. The summed E-state index contributed by atoms with van der Waals surface area (Å²) in [5, 5.41) is 9.41. The van der Waals surface area contributed by atoms with E-state index < -0.39 is 5.97 Å². The largest absolute Gasteiger partial charge is 0.481 e. The number of carbonyl (C=O) groups is 2. The number of aromatic nitrogens is 1. The molecule has 1 aromatic rings. The molecule has 1 fully saturated rings. The van der Waals surface area contributed by atoms with Gasteiger partial charge in [-0.25, -0.2) is 4.98 Å². The van der Waals surface area contributed by atoms with Gasteiger partial charge in [-0.05, 0) is 24.8 Å². The number of likely N-dealkylation sites (tertiary alicyclic amines) is 1. The zero-order valence-electron chi connectivity index (χ0n) is 10.7. The lowest BCUT2D eigenvalue weighted by molar-refractivity contribution is -0.138. The van der Waals surface area contributed by atoms with Gasteiger partial charge in [0.2, 0.25) is 0 Å². The van der Waals surface area contributed by atoms with Crippen molar-refractivity contribution in [3.05, 3.63) is 28.0 Å². The number of carbonyl (C=O) groups excluding carboxylic acids is 1. The third kappa shape index (κ3) is 3.61. The fourth-order valence-electron chi connectivity index (χ4n) is 2.38. The van der Waals surface area contributed by atoms with Gasteiger partial charge in [-0.3, -0.25) is 9.59 Å². The van der Waals surface area contributed by atoms with E-state index in [1.54, 1.807) is 4.90 Å². The fraction of sp³-hybridized carbons (Fsp3) is 0.462. The van der Waals surface area contributed by atoms with E-state index in [2.05, 4.69) is 4.98 Å². The summed E-state index contributed by atoms with van der Waals surface area (Å²) in [6, 6.07) is 1.47. The number of carboxylic acid groups (broad SMARTS) is 1. The normalized spacial score (nSPS) is 18.9. The van der Waals surface area contributed by atoms with Crippen LogP contribution < -0.4 is 0 Å². The van der Waals surface area contributed by atoms with E-state index in [0.29, 0.717) is 18.1 Å². The van der Waals surface area contributed by atoms with Crippen LogP contribution in [0.3, 0.4) is 0 Å². The van der Waals surface area contributed by atoms with Crippen molar-refractivity contribution in [3.63, 3.8) is 0 Å². The minimum atomic E-state index is -0.841. The molecule has 1 aliphatic heterocycles. The maximum Gasteiger partial charge on any atom is 0.303 e. The van der Waals surface area contributed by atoms with Crippen LogP contribution >= 0.6 is 23.2 Å². The second kappa shape index (κ2) is 6.41. The van der Waals surface area contributed by atoms with E-state index >= 15 is 0 Å². The van der Waals surface area contributed by atoms with Gasteiger partial charge in [0, 0.05) is 25.7 Å². The van der Waals surface area contributed by atoms with Gasteiger partial charge in [0.25, 0.3) is 5.91 Å². The van der Waals surface area contributed by atoms with E-state index in [4.69, 9.17) is 28.3 Å². The van der Waals surface area contributed by atoms with Gasteiger partial charge in [-0.2, -0.15) is 0 Å². The van der Waals surface area contributed by atoms with Crippen LogP contribution in [0.2, 0.25) is 10.0 Å². The average molecular weight is 317 g/mol. The predicted molar refractivity (Wildman–Crippen MR) is 75.1 cm³/mol. The van der Waals surface area contributed by atoms with E-state index in [1.807, 2.05) is 0 Å². The highest BCUT2D eigenvalue weighted by atomic mass is 35.5. The first kappa shape index (κ1) is 15.1. The summed E-state index contributed by atoms with van der Waals surface area (Å²) in [7, 11) is 0. The number of hydrogen-bond donors (Lipinski definition) is 1. The van der Waals surface area contributed by atoms with Crippen molar-refractivity contribution >= 4 is 35.1 Å². The van der Waals surface area contributed by atoms with Crippen molar-refractivity contribution in [3.8, 4) is 0 Å².